The molecule has 1 heterocycles. The number of benzene rings is 1. The van der Waals surface area contributed by atoms with Crippen LogP contribution in [0.2, 0.25) is 5.02 Å². The van der Waals surface area contributed by atoms with Crippen LogP contribution in [-0.4, -0.2) is 26.8 Å². The summed E-state index contributed by atoms with van der Waals surface area (Å²) in [5.74, 6) is 0.156. The zero-order valence-electron chi connectivity index (χ0n) is 9.61. The molecule has 2 aromatic rings. The van der Waals surface area contributed by atoms with Crippen LogP contribution < -0.4 is 5.32 Å². The van der Waals surface area contributed by atoms with Crippen LogP contribution in [-0.2, 0) is 4.79 Å². The number of amides is 1. The second kappa shape index (κ2) is 5.88. The van der Waals surface area contributed by atoms with E-state index in [1.807, 2.05) is 13.0 Å². The maximum absolute atomic E-state index is 11.7. The van der Waals surface area contributed by atoms with E-state index < -0.39 is 0 Å². The number of aromatic nitrogens is 3. The quantitative estimate of drug-likeness (QED) is 0.845. The van der Waals surface area contributed by atoms with Crippen LogP contribution in [0.1, 0.15) is 5.56 Å². The lowest BCUT2D eigenvalue weighted by molar-refractivity contribution is -0.113. The number of nitrogens with one attached hydrogen (secondary N) is 2. The van der Waals surface area contributed by atoms with Crippen molar-refractivity contribution in [2.24, 2.45) is 0 Å². The van der Waals surface area contributed by atoms with E-state index in [1.165, 1.54) is 18.1 Å². The van der Waals surface area contributed by atoms with Gasteiger partial charge in [0.25, 0.3) is 0 Å². The molecule has 1 aromatic heterocycles. The van der Waals surface area contributed by atoms with Crippen LogP contribution in [0.15, 0.2) is 29.7 Å². The summed E-state index contributed by atoms with van der Waals surface area (Å²) < 4.78 is 0. The van der Waals surface area contributed by atoms with Crippen molar-refractivity contribution in [1.82, 2.24) is 15.2 Å². The summed E-state index contributed by atoms with van der Waals surface area (Å²) in [4.78, 5) is 15.7. The highest BCUT2D eigenvalue weighted by Crippen LogP contribution is 2.23. The number of thioether (sulfide) groups is 1. The Morgan fingerprint density at radius 2 is 2.39 bits per heavy atom. The summed E-state index contributed by atoms with van der Waals surface area (Å²) in [6.45, 7) is 1.86. The van der Waals surface area contributed by atoms with Gasteiger partial charge in [0.1, 0.15) is 6.33 Å². The number of hydrogen-bond donors (Lipinski definition) is 2. The second-order valence-electron chi connectivity index (χ2n) is 3.54. The van der Waals surface area contributed by atoms with E-state index in [0.717, 1.165) is 11.3 Å². The van der Waals surface area contributed by atoms with Gasteiger partial charge in [0, 0.05) is 10.7 Å². The minimum Gasteiger partial charge on any atom is -0.325 e. The predicted molar refractivity (Wildman–Crippen MR) is 71.9 cm³/mol. The molecule has 0 atom stereocenters. The standard InChI is InChI=1S/C11H11ClN4OS/c1-7-8(12)3-2-4-9(7)15-10(17)5-18-11-13-6-14-16-11/h2-4,6H,5H2,1H3,(H,15,17)(H,13,14,16). The predicted octanol–water partition coefficient (Wildman–Crippen LogP) is 2.50. The third-order valence-electron chi connectivity index (χ3n) is 2.27. The zero-order valence-corrected chi connectivity index (χ0v) is 11.2. The number of hydrogen-bond acceptors (Lipinski definition) is 4. The molecule has 0 radical (unpaired) electrons. The van der Waals surface area contributed by atoms with Gasteiger partial charge in [-0.05, 0) is 24.6 Å². The highest BCUT2D eigenvalue weighted by molar-refractivity contribution is 7.99. The smallest absolute Gasteiger partial charge is 0.234 e. The van der Waals surface area contributed by atoms with Crippen LogP contribution in [0.5, 0.6) is 0 Å². The molecule has 0 saturated carbocycles. The first-order valence-corrected chi connectivity index (χ1v) is 6.56. The summed E-state index contributed by atoms with van der Waals surface area (Å²) in [5, 5.41) is 10.4. The minimum atomic E-state index is -0.109. The number of aromatic amines is 1. The number of anilines is 1. The van der Waals surface area contributed by atoms with Crippen molar-refractivity contribution in [3.05, 3.63) is 35.1 Å². The summed E-state index contributed by atoms with van der Waals surface area (Å²) in [7, 11) is 0. The summed E-state index contributed by atoms with van der Waals surface area (Å²) in [6, 6.07) is 5.41. The molecule has 18 heavy (non-hydrogen) atoms. The first-order chi connectivity index (χ1) is 8.66. The molecule has 0 unspecified atom stereocenters. The average molecular weight is 283 g/mol. The van der Waals surface area contributed by atoms with Gasteiger partial charge in [0.05, 0.1) is 5.75 Å². The Kier molecular flexibility index (Phi) is 4.22. The Hall–Kier alpha value is -1.53. The highest BCUT2D eigenvalue weighted by atomic mass is 35.5. The molecule has 7 heteroatoms. The molecule has 1 amide bonds. The van der Waals surface area contributed by atoms with Crippen molar-refractivity contribution in [2.75, 3.05) is 11.1 Å². The molecule has 5 nitrogen and oxygen atoms in total. The first kappa shape index (κ1) is 12.9. The molecule has 0 spiro atoms. The van der Waals surface area contributed by atoms with Gasteiger partial charge in [-0.15, -0.1) is 0 Å². The first-order valence-electron chi connectivity index (χ1n) is 5.20. The molecule has 0 aliphatic carbocycles. The molecule has 0 aliphatic heterocycles. The van der Waals surface area contributed by atoms with Crippen LogP contribution in [0.3, 0.4) is 0 Å². The van der Waals surface area contributed by atoms with Gasteiger partial charge in [-0.2, -0.15) is 5.10 Å². The number of halogens is 1. The molecule has 0 saturated heterocycles. The lowest BCUT2D eigenvalue weighted by atomic mass is 10.2. The molecule has 1 aromatic carbocycles. The zero-order chi connectivity index (χ0) is 13.0. The van der Waals surface area contributed by atoms with E-state index in [2.05, 4.69) is 20.5 Å². The normalized spacial score (nSPS) is 10.3. The summed E-state index contributed by atoms with van der Waals surface area (Å²) in [6.07, 6.45) is 1.40. The van der Waals surface area contributed by atoms with Gasteiger partial charge in [0.2, 0.25) is 5.91 Å². The molecule has 0 aliphatic rings. The van der Waals surface area contributed by atoms with Gasteiger partial charge >= 0.3 is 0 Å². The molecule has 2 rings (SSSR count). The Morgan fingerprint density at radius 3 is 3.11 bits per heavy atom. The van der Waals surface area contributed by atoms with Crippen molar-refractivity contribution >= 4 is 35.0 Å². The van der Waals surface area contributed by atoms with Crippen molar-refractivity contribution in [2.45, 2.75) is 12.1 Å². The monoisotopic (exact) mass is 282 g/mol. The van der Waals surface area contributed by atoms with Gasteiger partial charge in [-0.3, -0.25) is 9.89 Å². The molecule has 0 bridgehead atoms. The van der Waals surface area contributed by atoms with E-state index in [4.69, 9.17) is 11.6 Å². The topological polar surface area (TPSA) is 70.7 Å². The fraction of sp³-hybridized carbons (Fsp3) is 0.182. The number of nitrogens with zero attached hydrogens (tertiary/aromatic N) is 2. The molecular formula is C11H11ClN4OS. The van der Waals surface area contributed by atoms with Crippen LogP contribution in [0.4, 0.5) is 5.69 Å². The largest absolute Gasteiger partial charge is 0.325 e. The van der Waals surface area contributed by atoms with Crippen molar-refractivity contribution in [3.63, 3.8) is 0 Å². The van der Waals surface area contributed by atoms with Crippen molar-refractivity contribution < 1.29 is 4.79 Å². The van der Waals surface area contributed by atoms with E-state index in [9.17, 15) is 4.79 Å². The second-order valence-corrected chi connectivity index (χ2v) is 4.91. The fourth-order valence-corrected chi connectivity index (χ4v) is 2.08. The van der Waals surface area contributed by atoms with E-state index in [1.54, 1.807) is 12.1 Å². The Bertz CT molecular complexity index is 544. The number of H-pyrrole nitrogens is 1. The van der Waals surface area contributed by atoms with E-state index in [0.29, 0.717) is 10.2 Å². The highest BCUT2D eigenvalue weighted by Gasteiger charge is 2.08. The molecule has 94 valence electrons. The SMILES string of the molecule is Cc1c(Cl)cccc1NC(=O)CSc1ncn[nH]1. The average Bonchev–Trinajstić information content (AvgIpc) is 2.86. The maximum Gasteiger partial charge on any atom is 0.234 e. The minimum absolute atomic E-state index is 0.109. The van der Waals surface area contributed by atoms with E-state index >= 15 is 0 Å². The fourth-order valence-electron chi connectivity index (χ4n) is 1.33. The maximum atomic E-state index is 11.7. The van der Waals surface area contributed by atoms with E-state index in [-0.39, 0.29) is 11.7 Å². The lowest BCUT2D eigenvalue weighted by Gasteiger charge is -2.08. The summed E-state index contributed by atoms with van der Waals surface area (Å²) >= 11 is 7.27. The molecule has 2 N–H and O–H groups in total. The lowest BCUT2D eigenvalue weighted by Crippen LogP contribution is -2.15. The third kappa shape index (κ3) is 3.24. The van der Waals surface area contributed by atoms with Gasteiger partial charge in [-0.1, -0.05) is 29.4 Å². The Labute approximate surface area is 113 Å². The van der Waals surface area contributed by atoms with Crippen molar-refractivity contribution in [1.29, 1.82) is 0 Å². The Morgan fingerprint density at radius 1 is 1.56 bits per heavy atom. The number of carbonyl (C=O) groups excluding carboxylic acids is 1. The molecular weight excluding hydrogens is 272 g/mol. The van der Waals surface area contributed by atoms with Crippen molar-refractivity contribution in [3.8, 4) is 0 Å². The third-order valence-corrected chi connectivity index (χ3v) is 3.56. The van der Waals surface area contributed by atoms with Crippen LogP contribution in [0, 0.1) is 6.92 Å². The molecule has 0 fully saturated rings. The van der Waals surface area contributed by atoms with Crippen LogP contribution >= 0.6 is 23.4 Å². The van der Waals surface area contributed by atoms with Crippen LogP contribution in [0.25, 0.3) is 0 Å². The Balaban J connectivity index is 1.93. The number of rotatable bonds is 4. The van der Waals surface area contributed by atoms with Gasteiger partial charge in [-0.25, -0.2) is 4.98 Å². The van der Waals surface area contributed by atoms with Gasteiger partial charge in [0.15, 0.2) is 5.16 Å². The summed E-state index contributed by atoms with van der Waals surface area (Å²) in [5.41, 5.74) is 1.59. The number of carbonyl (C=O) groups is 1. The van der Waals surface area contributed by atoms with Gasteiger partial charge < -0.3 is 5.32 Å².